The van der Waals surface area contributed by atoms with E-state index in [1.165, 1.54) is 10.5 Å². The summed E-state index contributed by atoms with van der Waals surface area (Å²) < 4.78 is 5.11. The third-order valence-electron chi connectivity index (χ3n) is 4.32. The van der Waals surface area contributed by atoms with Crippen molar-refractivity contribution < 1.29 is 9.53 Å². The van der Waals surface area contributed by atoms with Crippen LogP contribution in [0.25, 0.3) is 0 Å². The molecule has 0 bridgehead atoms. The van der Waals surface area contributed by atoms with Crippen molar-refractivity contribution in [2.75, 3.05) is 26.5 Å². The van der Waals surface area contributed by atoms with E-state index in [-0.39, 0.29) is 17.6 Å². The lowest BCUT2D eigenvalue weighted by Crippen LogP contribution is -2.33. The maximum Gasteiger partial charge on any atom is 0.244 e. The smallest absolute Gasteiger partial charge is 0.244 e. The molecule has 1 aromatic carbocycles. The number of nitrogens with zero attached hydrogens (tertiary/aromatic N) is 1. The van der Waals surface area contributed by atoms with Crippen LogP contribution in [-0.2, 0) is 9.53 Å². The van der Waals surface area contributed by atoms with E-state index in [4.69, 9.17) is 4.74 Å². The molecule has 1 saturated heterocycles. The van der Waals surface area contributed by atoms with Gasteiger partial charge in [0.15, 0.2) is 0 Å². The van der Waals surface area contributed by atoms with Crippen LogP contribution < -0.4 is 5.32 Å². The molecule has 1 heterocycles. The molecule has 3 rings (SSSR count). The molecule has 2 fully saturated rings. The van der Waals surface area contributed by atoms with Gasteiger partial charge in [-0.1, -0.05) is 12.1 Å². The van der Waals surface area contributed by atoms with Crippen molar-refractivity contribution in [3.63, 3.8) is 0 Å². The van der Waals surface area contributed by atoms with Crippen LogP contribution in [0.1, 0.15) is 31.0 Å². The maximum atomic E-state index is 12.6. The average molecular weight is 306 g/mol. The number of thioether (sulfide) groups is 1. The third kappa shape index (κ3) is 2.82. The number of benzene rings is 1. The van der Waals surface area contributed by atoms with Gasteiger partial charge in [0, 0.05) is 25.2 Å². The van der Waals surface area contributed by atoms with Gasteiger partial charge in [-0.05, 0) is 43.2 Å². The number of nitrogens with one attached hydrogen (secondary N) is 1. The molecule has 1 saturated carbocycles. The fourth-order valence-electron chi connectivity index (χ4n) is 2.94. The number of carbonyl (C=O) groups is 1. The highest BCUT2D eigenvalue weighted by Crippen LogP contribution is 2.46. The summed E-state index contributed by atoms with van der Waals surface area (Å²) in [5.74, 6) is 0.262. The summed E-state index contributed by atoms with van der Waals surface area (Å²) in [5.41, 5.74) is 0.901. The van der Waals surface area contributed by atoms with Crippen molar-refractivity contribution in [3.8, 4) is 0 Å². The van der Waals surface area contributed by atoms with Gasteiger partial charge in [-0.15, -0.1) is 11.8 Å². The highest BCUT2D eigenvalue weighted by Gasteiger charge is 2.59. The van der Waals surface area contributed by atoms with Crippen molar-refractivity contribution in [1.82, 2.24) is 10.2 Å². The molecular weight excluding hydrogens is 284 g/mol. The lowest BCUT2D eigenvalue weighted by atomic mass is 10.1. The predicted octanol–water partition coefficient (Wildman–Crippen LogP) is 2.41. The lowest BCUT2D eigenvalue weighted by Gasteiger charge is -2.24. The van der Waals surface area contributed by atoms with Crippen molar-refractivity contribution in [3.05, 3.63) is 29.8 Å². The van der Waals surface area contributed by atoms with Gasteiger partial charge in [0.25, 0.3) is 0 Å². The van der Waals surface area contributed by atoms with Crippen LogP contribution >= 0.6 is 11.8 Å². The molecule has 1 spiro atoms. The first kappa shape index (κ1) is 14.9. The number of carbonyl (C=O) groups excluding carboxylic acids is 1. The zero-order valence-electron chi connectivity index (χ0n) is 12.6. The highest BCUT2D eigenvalue weighted by atomic mass is 32.2. The van der Waals surface area contributed by atoms with Crippen molar-refractivity contribution >= 4 is 17.7 Å². The average Bonchev–Trinajstić information content (AvgIpc) is 3.25. The maximum absolute atomic E-state index is 12.6. The number of rotatable bonds is 6. The second-order valence-electron chi connectivity index (χ2n) is 5.75. The summed E-state index contributed by atoms with van der Waals surface area (Å²) in [6.07, 6.45) is 4.88. The Morgan fingerprint density at radius 2 is 2.10 bits per heavy atom. The Labute approximate surface area is 130 Å². The van der Waals surface area contributed by atoms with Crippen LogP contribution in [0.4, 0.5) is 0 Å². The minimum Gasteiger partial charge on any atom is -0.385 e. The van der Waals surface area contributed by atoms with Crippen LogP contribution in [0.2, 0.25) is 0 Å². The summed E-state index contributed by atoms with van der Waals surface area (Å²) in [6.45, 7) is 1.44. The number of hydrogen-bond donors (Lipinski definition) is 1. The molecule has 1 aliphatic heterocycles. The van der Waals surface area contributed by atoms with Gasteiger partial charge in [-0.25, -0.2) is 0 Å². The topological polar surface area (TPSA) is 41.6 Å². The Balaban J connectivity index is 1.78. The second kappa shape index (κ2) is 5.99. The molecule has 21 heavy (non-hydrogen) atoms. The Hall–Kier alpha value is -1.04. The van der Waals surface area contributed by atoms with Crippen molar-refractivity contribution in [1.29, 1.82) is 0 Å². The molecule has 0 radical (unpaired) electrons. The summed E-state index contributed by atoms with van der Waals surface area (Å²) in [7, 11) is 1.70. The zero-order valence-corrected chi connectivity index (χ0v) is 13.4. The van der Waals surface area contributed by atoms with E-state index < -0.39 is 0 Å². The van der Waals surface area contributed by atoms with Crippen molar-refractivity contribution in [2.45, 2.75) is 35.9 Å². The van der Waals surface area contributed by atoms with Crippen LogP contribution in [0, 0.1) is 0 Å². The quantitative estimate of drug-likeness (QED) is 0.647. The fraction of sp³-hybridized carbons (Fsp3) is 0.562. The van der Waals surface area contributed by atoms with E-state index in [1.54, 1.807) is 18.9 Å². The fourth-order valence-corrected chi connectivity index (χ4v) is 3.34. The molecule has 2 aliphatic rings. The molecule has 1 N–H and O–H groups in total. The van der Waals surface area contributed by atoms with Gasteiger partial charge in [0.05, 0.1) is 0 Å². The summed E-state index contributed by atoms with van der Waals surface area (Å²) >= 11 is 1.73. The van der Waals surface area contributed by atoms with E-state index in [1.807, 2.05) is 4.90 Å². The van der Waals surface area contributed by atoms with Gasteiger partial charge in [0.2, 0.25) is 5.91 Å². The predicted molar refractivity (Wildman–Crippen MR) is 84.3 cm³/mol. The van der Waals surface area contributed by atoms with E-state index >= 15 is 0 Å². The molecule has 1 atom stereocenters. The second-order valence-corrected chi connectivity index (χ2v) is 6.63. The molecular formula is C16H22N2O2S. The SMILES string of the molecule is COCCCN1C(=O)C2(CC2)NC1c1ccc(SC)cc1. The highest BCUT2D eigenvalue weighted by molar-refractivity contribution is 7.98. The first-order valence-electron chi connectivity index (χ1n) is 7.42. The summed E-state index contributed by atoms with van der Waals surface area (Å²) in [6, 6.07) is 8.50. The van der Waals surface area contributed by atoms with Gasteiger partial charge < -0.3 is 9.64 Å². The molecule has 1 unspecified atom stereocenters. The molecule has 4 nitrogen and oxygen atoms in total. The van der Waals surface area contributed by atoms with Crippen LogP contribution in [-0.4, -0.2) is 42.9 Å². The number of methoxy groups -OCH3 is 1. The lowest BCUT2D eigenvalue weighted by molar-refractivity contribution is -0.131. The molecule has 1 amide bonds. The minimum absolute atomic E-state index is 0.00719. The minimum atomic E-state index is -0.268. The van der Waals surface area contributed by atoms with Gasteiger partial charge in [-0.2, -0.15) is 0 Å². The van der Waals surface area contributed by atoms with Gasteiger partial charge in [0.1, 0.15) is 11.7 Å². The van der Waals surface area contributed by atoms with Crippen LogP contribution in [0.5, 0.6) is 0 Å². The molecule has 1 aromatic rings. The van der Waals surface area contributed by atoms with E-state index in [0.717, 1.165) is 25.8 Å². The molecule has 0 aromatic heterocycles. The van der Waals surface area contributed by atoms with Gasteiger partial charge in [-0.3, -0.25) is 10.1 Å². The molecule has 5 heteroatoms. The summed E-state index contributed by atoms with van der Waals surface area (Å²) in [4.78, 5) is 15.8. The molecule has 114 valence electrons. The normalized spacial score (nSPS) is 23.0. The first-order valence-corrected chi connectivity index (χ1v) is 8.64. The van der Waals surface area contributed by atoms with Crippen LogP contribution in [0.3, 0.4) is 0 Å². The Morgan fingerprint density at radius 1 is 1.38 bits per heavy atom. The number of ether oxygens (including phenoxy) is 1. The Morgan fingerprint density at radius 3 is 2.67 bits per heavy atom. The summed E-state index contributed by atoms with van der Waals surface area (Å²) in [5, 5.41) is 3.55. The number of amides is 1. The van der Waals surface area contributed by atoms with E-state index in [9.17, 15) is 4.79 Å². The van der Waals surface area contributed by atoms with E-state index in [2.05, 4.69) is 35.8 Å². The largest absolute Gasteiger partial charge is 0.385 e. The van der Waals surface area contributed by atoms with E-state index in [0.29, 0.717) is 6.61 Å². The monoisotopic (exact) mass is 306 g/mol. The van der Waals surface area contributed by atoms with Crippen molar-refractivity contribution in [2.24, 2.45) is 0 Å². The first-order chi connectivity index (χ1) is 10.2. The van der Waals surface area contributed by atoms with Gasteiger partial charge >= 0.3 is 0 Å². The molecule has 1 aliphatic carbocycles. The Kier molecular flexibility index (Phi) is 4.24. The Bertz CT molecular complexity index is 514. The van der Waals surface area contributed by atoms with Crippen LogP contribution in [0.15, 0.2) is 29.2 Å². The third-order valence-corrected chi connectivity index (χ3v) is 5.07. The standard InChI is InChI=1S/C16H22N2O2S/c1-20-11-3-10-18-14(17-16(8-9-16)15(18)19)12-4-6-13(21-2)7-5-12/h4-7,14,17H,3,8-11H2,1-2H3. The number of hydrogen-bond acceptors (Lipinski definition) is 4. The zero-order chi connectivity index (χ0) is 14.9.